The Bertz CT molecular complexity index is 548. The summed E-state index contributed by atoms with van der Waals surface area (Å²) in [6, 6.07) is 12.4. The summed E-state index contributed by atoms with van der Waals surface area (Å²) in [7, 11) is 1.99. The van der Waals surface area contributed by atoms with E-state index in [1.54, 1.807) is 11.8 Å². The lowest BCUT2D eigenvalue weighted by atomic mass is 10.2. The Morgan fingerprint density at radius 1 is 1.35 bits per heavy atom. The summed E-state index contributed by atoms with van der Waals surface area (Å²) in [6.07, 6.45) is 2.75. The summed E-state index contributed by atoms with van der Waals surface area (Å²) in [5.74, 6) is 0.981. The Kier molecular flexibility index (Phi) is 6.36. The normalized spacial score (nSPS) is 12.3. The number of halogens is 2. The summed E-state index contributed by atoms with van der Waals surface area (Å²) in [4.78, 5) is 5.61. The molecule has 106 valence electrons. The van der Waals surface area contributed by atoms with Gasteiger partial charge in [-0.05, 0) is 53.3 Å². The molecule has 0 fully saturated rings. The first-order valence-electron chi connectivity index (χ1n) is 6.33. The fourth-order valence-electron chi connectivity index (χ4n) is 1.78. The summed E-state index contributed by atoms with van der Waals surface area (Å²) < 4.78 is 1.01. The van der Waals surface area contributed by atoms with E-state index in [0.717, 1.165) is 27.4 Å². The SMILES string of the molecule is CNC(CSc1cccc(Cl)c1)Cc1ccc(Br)cn1. The van der Waals surface area contributed by atoms with Gasteiger partial charge in [0, 0.05) is 44.5 Å². The molecular weight excluding hydrogens is 356 g/mol. The van der Waals surface area contributed by atoms with Crippen molar-refractivity contribution in [1.29, 1.82) is 0 Å². The summed E-state index contributed by atoms with van der Waals surface area (Å²) in [5, 5.41) is 4.13. The maximum absolute atomic E-state index is 6.00. The smallest absolute Gasteiger partial charge is 0.0420 e. The highest BCUT2D eigenvalue weighted by molar-refractivity contribution is 9.10. The molecule has 5 heteroatoms. The Morgan fingerprint density at radius 2 is 2.20 bits per heavy atom. The second-order valence-corrected chi connectivity index (χ2v) is 6.87. The zero-order valence-corrected chi connectivity index (χ0v) is 14.3. The van der Waals surface area contributed by atoms with Gasteiger partial charge in [0.25, 0.3) is 0 Å². The molecule has 2 aromatic rings. The van der Waals surface area contributed by atoms with Crippen LogP contribution in [0.25, 0.3) is 0 Å². The molecule has 0 saturated heterocycles. The first-order valence-corrected chi connectivity index (χ1v) is 8.49. The third-order valence-corrected chi connectivity index (χ3v) is 4.76. The molecule has 1 heterocycles. The monoisotopic (exact) mass is 370 g/mol. The second kappa shape index (κ2) is 8.03. The lowest BCUT2D eigenvalue weighted by Crippen LogP contribution is -2.30. The number of nitrogens with one attached hydrogen (secondary N) is 1. The van der Waals surface area contributed by atoms with Crippen molar-refractivity contribution in [2.45, 2.75) is 17.4 Å². The lowest BCUT2D eigenvalue weighted by Gasteiger charge is -2.15. The molecule has 0 spiro atoms. The molecule has 20 heavy (non-hydrogen) atoms. The van der Waals surface area contributed by atoms with E-state index in [1.807, 2.05) is 37.5 Å². The van der Waals surface area contributed by atoms with E-state index in [4.69, 9.17) is 11.6 Å². The third kappa shape index (κ3) is 5.09. The van der Waals surface area contributed by atoms with Gasteiger partial charge in [0.1, 0.15) is 0 Å². The van der Waals surface area contributed by atoms with Crippen molar-refractivity contribution in [1.82, 2.24) is 10.3 Å². The van der Waals surface area contributed by atoms with Crippen molar-refractivity contribution in [3.8, 4) is 0 Å². The number of hydrogen-bond donors (Lipinski definition) is 1. The Hall–Kier alpha value is -0.550. The topological polar surface area (TPSA) is 24.9 Å². The number of aromatic nitrogens is 1. The number of rotatable bonds is 6. The van der Waals surface area contributed by atoms with Crippen LogP contribution < -0.4 is 5.32 Å². The molecule has 1 unspecified atom stereocenters. The highest BCUT2D eigenvalue weighted by atomic mass is 79.9. The minimum atomic E-state index is 0.382. The van der Waals surface area contributed by atoms with Crippen LogP contribution in [0.4, 0.5) is 0 Å². The van der Waals surface area contributed by atoms with E-state index in [1.165, 1.54) is 4.90 Å². The average molecular weight is 372 g/mol. The molecule has 1 N–H and O–H groups in total. The van der Waals surface area contributed by atoms with Gasteiger partial charge in [-0.2, -0.15) is 0 Å². The molecule has 0 bridgehead atoms. The minimum absolute atomic E-state index is 0.382. The van der Waals surface area contributed by atoms with Gasteiger partial charge in [-0.25, -0.2) is 0 Å². The Labute approximate surface area is 137 Å². The van der Waals surface area contributed by atoms with Crippen LogP contribution in [0.5, 0.6) is 0 Å². The van der Waals surface area contributed by atoms with E-state index in [2.05, 4.69) is 38.4 Å². The van der Waals surface area contributed by atoms with Crippen LogP contribution in [0.2, 0.25) is 5.02 Å². The Morgan fingerprint density at radius 3 is 2.85 bits per heavy atom. The van der Waals surface area contributed by atoms with Gasteiger partial charge in [0.15, 0.2) is 0 Å². The van der Waals surface area contributed by atoms with Crippen molar-refractivity contribution in [3.05, 3.63) is 57.8 Å². The van der Waals surface area contributed by atoms with Gasteiger partial charge in [-0.1, -0.05) is 17.7 Å². The molecule has 2 rings (SSSR count). The first kappa shape index (κ1) is 15.8. The van der Waals surface area contributed by atoms with Crippen LogP contribution in [-0.4, -0.2) is 23.8 Å². The number of thioether (sulfide) groups is 1. The quantitative estimate of drug-likeness (QED) is 0.761. The van der Waals surface area contributed by atoms with Crippen LogP contribution in [0.3, 0.4) is 0 Å². The molecule has 0 amide bonds. The number of benzene rings is 1. The molecule has 0 aliphatic heterocycles. The van der Waals surface area contributed by atoms with Gasteiger partial charge in [-0.15, -0.1) is 11.8 Å². The molecule has 1 atom stereocenters. The lowest BCUT2D eigenvalue weighted by molar-refractivity contribution is 0.609. The van der Waals surface area contributed by atoms with E-state index in [0.29, 0.717) is 6.04 Å². The zero-order chi connectivity index (χ0) is 14.4. The van der Waals surface area contributed by atoms with Crippen LogP contribution in [0, 0.1) is 0 Å². The molecule has 1 aromatic heterocycles. The van der Waals surface area contributed by atoms with E-state index in [-0.39, 0.29) is 0 Å². The fourth-order valence-corrected chi connectivity index (χ4v) is 3.33. The first-order chi connectivity index (χ1) is 9.67. The molecular formula is C15H16BrClN2S. The molecule has 1 aromatic carbocycles. The standard InChI is InChI=1S/C15H16BrClN2S/c1-18-14(8-13-6-5-11(16)9-19-13)10-20-15-4-2-3-12(17)7-15/h2-7,9,14,18H,8,10H2,1H3. The van der Waals surface area contributed by atoms with Crippen LogP contribution in [-0.2, 0) is 6.42 Å². The van der Waals surface area contributed by atoms with Crippen molar-refractivity contribution >= 4 is 39.3 Å². The molecule has 0 aliphatic rings. The molecule has 0 radical (unpaired) electrons. The summed E-state index contributed by atoms with van der Waals surface area (Å²) in [5.41, 5.74) is 1.10. The van der Waals surface area contributed by atoms with Crippen LogP contribution >= 0.6 is 39.3 Å². The average Bonchev–Trinajstić information content (AvgIpc) is 2.45. The van der Waals surface area contributed by atoms with Crippen molar-refractivity contribution in [3.63, 3.8) is 0 Å². The predicted molar refractivity (Wildman–Crippen MR) is 90.7 cm³/mol. The van der Waals surface area contributed by atoms with E-state index < -0.39 is 0 Å². The van der Waals surface area contributed by atoms with Gasteiger partial charge in [-0.3, -0.25) is 4.98 Å². The number of nitrogens with zero attached hydrogens (tertiary/aromatic N) is 1. The van der Waals surface area contributed by atoms with Gasteiger partial charge in [0.05, 0.1) is 0 Å². The minimum Gasteiger partial charge on any atom is -0.316 e. The van der Waals surface area contributed by atoms with Crippen molar-refractivity contribution in [2.24, 2.45) is 0 Å². The third-order valence-electron chi connectivity index (χ3n) is 2.90. The summed E-state index contributed by atoms with van der Waals surface area (Å²) >= 11 is 11.2. The zero-order valence-electron chi connectivity index (χ0n) is 11.1. The number of likely N-dealkylation sites (N-methyl/N-ethyl adjacent to an activating group) is 1. The van der Waals surface area contributed by atoms with E-state index >= 15 is 0 Å². The van der Waals surface area contributed by atoms with Crippen molar-refractivity contribution < 1.29 is 0 Å². The largest absolute Gasteiger partial charge is 0.316 e. The maximum atomic E-state index is 6.00. The van der Waals surface area contributed by atoms with Gasteiger partial charge < -0.3 is 5.32 Å². The summed E-state index contributed by atoms with van der Waals surface area (Å²) in [6.45, 7) is 0. The highest BCUT2D eigenvalue weighted by Crippen LogP contribution is 2.22. The molecule has 0 aliphatic carbocycles. The highest BCUT2D eigenvalue weighted by Gasteiger charge is 2.09. The van der Waals surface area contributed by atoms with E-state index in [9.17, 15) is 0 Å². The Balaban J connectivity index is 1.90. The predicted octanol–water partition coefficient (Wildman–Crippen LogP) is 4.42. The second-order valence-electron chi connectivity index (χ2n) is 4.43. The van der Waals surface area contributed by atoms with Gasteiger partial charge >= 0.3 is 0 Å². The van der Waals surface area contributed by atoms with Gasteiger partial charge in [0.2, 0.25) is 0 Å². The fraction of sp³-hybridized carbons (Fsp3) is 0.267. The number of pyridine rings is 1. The van der Waals surface area contributed by atoms with Crippen LogP contribution in [0.1, 0.15) is 5.69 Å². The maximum Gasteiger partial charge on any atom is 0.0420 e. The molecule has 2 nitrogen and oxygen atoms in total. The van der Waals surface area contributed by atoms with Crippen molar-refractivity contribution in [2.75, 3.05) is 12.8 Å². The number of hydrogen-bond acceptors (Lipinski definition) is 3. The van der Waals surface area contributed by atoms with Crippen LogP contribution in [0.15, 0.2) is 52.0 Å². The molecule has 0 saturated carbocycles.